The zero-order valence-electron chi connectivity index (χ0n) is 21.8. The molecule has 3 saturated heterocycles. The molecule has 0 aromatic heterocycles. The maximum absolute atomic E-state index is 14.1. The molecule has 3 amide bonds. The molecule has 0 aliphatic carbocycles. The van der Waals surface area contributed by atoms with E-state index in [9.17, 15) is 19.5 Å². The Morgan fingerprint density at radius 1 is 1.18 bits per heavy atom. The van der Waals surface area contributed by atoms with Crippen molar-refractivity contribution in [2.75, 3.05) is 11.9 Å². The van der Waals surface area contributed by atoms with E-state index in [1.54, 1.807) is 0 Å². The van der Waals surface area contributed by atoms with Gasteiger partial charge >= 0.3 is 0 Å². The van der Waals surface area contributed by atoms with Crippen LogP contribution in [-0.4, -0.2) is 63.0 Å². The van der Waals surface area contributed by atoms with E-state index < -0.39 is 35.6 Å². The van der Waals surface area contributed by atoms with E-state index in [4.69, 9.17) is 4.74 Å². The molecule has 3 unspecified atom stereocenters. The molecule has 202 valence electrons. The number of fused-ring (bicyclic) bond motifs is 1. The Hall–Kier alpha value is -2.75. The molecular formula is C29H34BrN3O5. The number of amides is 3. The lowest BCUT2D eigenvalue weighted by atomic mass is 9.70. The second-order valence-corrected chi connectivity index (χ2v) is 11.8. The van der Waals surface area contributed by atoms with Crippen molar-refractivity contribution in [2.45, 2.75) is 68.8 Å². The number of hydrogen-bond donors (Lipinski definition) is 3. The molecule has 3 aliphatic rings. The second-order valence-electron chi connectivity index (χ2n) is 10.7. The minimum Gasteiger partial charge on any atom is -0.394 e. The van der Waals surface area contributed by atoms with E-state index in [1.165, 1.54) is 4.90 Å². The van der Waals surface area contributed by atoms with Gasteiger partial charge in [-0.2, -0.15) is 0 Å². The SMILES string of the molecule is CC[C@@H](CO)N1C(=O)[C@@H]2[C@@H](C(=O)NCc3ccccc3)[C@@H]3OC2(CC3Br)C1C(=O)Nc1cc(C)ccc1C. The fourth-order valence-electron chi connectivity index (χ4n) is 6.45. The Kier molecular flexibility index (Phi) is 7.37. The number of aryl methyl sites for hydroxylation is 2. The number of aliphatic hydroxyl groups is 1. The van der Waals surface area contributed by atoms with E-state index in [2.05, 4.69) is 26.6 Å². The molecule has 3 heterocycles. The van der Waals surface area contributed by atoms with Gasteiger partial charge in [-0.15, -0.1) is 0 Å². The van der Waals surface area contributed by atoms with Gasteiger partial charge in [0.1, 0.15) is 11.6 Å². The predicted molar refractivity (Wildman–Crippen MR) is 147 cm³/mol. The maximum atomic E-state index is 14.1. The largest absolute Gasteiger partial charge is 0.394 e. The number of carbonyl (C=O) groups is 3. The van der Waals surface area contributed by atoms with Crippen LogP contribution >= 0.6 is 15.9 Å². The zero-order valence-corrected chi connectivity index (χ0v) is 23.4. The fourth-order valence-corrected chi connectivity index (χ4v) is 7.39. The lowest BCUT2D eigenvalue weighted by molar-refractivity contribution is -0.144. The summed E-state index contributed by atoms with van der Waals surface area (Å²) in [5, 5.41) is 16.2. The summed E-state index contributed by atoms with van der Waals surface area (Å²) < 4.78 is 6.53. The number of rotatable bonds is 8. The van der Waals surface area contributed by atoms with Crippen molar-refractivity contribution in [1.29, 1.82) is 0 Å². The molecule has 2 aromatic carbocycles. The summed E-state index contributed by atoms with van der Waals surface area (Å²) >= 11 is 3.69. The minimum atomic E-state index is -1.17. The lowest BCUT2D eigenvalue weighted by Crippen LogP contribution is -2.56. The van der Waals surface area contributed by atoms with Crippen molar-refractivity contribution < 1.29 is 24.2 Å². The van der Waals surface area contributed by atoms with Gasteiger partial charge in [-0.25, -0.2) is 0 Å². The van der Waals surface area contributed by atoms with Crippen LogP contribution < -0.4 is 10.6 Å². The van der Waals surface area contributed by atoms with E-state index in [-0.39, 0.29) is 29.2 Å². The first-order chi connectivity index (χ1) is 18.2. The highest BCUT2D eigenvalue weighted by Crippen LogP contribution is 2.60. The van der Waals surface area contributed by atoms with Crippen LogP contribution in [0.3, 0.4) is 0 Å². The van der Waals surface area contributed by atoms with Crippen LogP contribution in [0.15, 0.2) is 48.5 Å². The van der Waals surface area contributed by atoms with Gasteiger partial charge < -0.3 is 25.4 Å². The highest BCUT2D eigenvalue weighted by Gasteiger charge is 2.77. The smallest absolute Gasteiger partial charge is 0.250 e. The Morgan fingerprint density at radius 2 is 1.92 bits per heavy atom. The third-order valence-corrected chi connectivity index (χ3v) is 9.16. The third-order valence-electron chi connectivity index (χ3n) is 8.31. The summed E-state index contributed by atoms with van der Waals surface area (Å²) in [4.78, 5) is 43.0. The van der Waals surface area contributed by atoms with Gasteiger partial charge in [-0.3, -0.25) is 14.4 Å². The van der Waals surface area contributed by atoms with Crippen LogP contribution in [0, 0.1) is 25.7 Å². The average Bonchev–Trinajstić information content (AvgIpc) is 3.50. The summed E-state index contributed by atoms with van der Waals surface area (Å²) in [6.45, 7) is 5.78. The number of ether oxygens (including phenoxy) is 1. The molecule has 7 atom stereocenters. The average molecular weight is 585 g/mol. The first kappa shape index (κ1) is 26.8. The van der Waals surface area contributed by atoms with Gasteiger partial charge in [-0.1, -0.05) is 65.3 Å². The number of likely N-dealkylation sites (tertiary alicyclic amines) is 1. The summed E-state index contributed by atoms with van der Waals surface area (Å²) in [7, 11) is 0. The molecule has 3 aliphatic heterocycles. The Bertz CT molecular complexity index is 1240. The Labute approximate surface area is 231 Å². The van der Waals surface area contributed by atoms with Gasteiger partial charge in [-0.05, 0) is 49.4 Å². The number of anilines is 1. The van der Waals surface area contributed by atoms with E-state index in [0.29, 0.717) is 25.1 Å². The van der Waals surface area contributed by atoms with Crippen LogP contribution in [0.4, 0.5) is 5.69 Å². The Morgan fingerprint density at radius 3 is 2.61 bits per heavy atom. The van der Waals surface area contributed by atoms with Crippen molar-refractivity contribution in [3.8, 4) is 0 Å². The molecule has 3 N–H and O–H groups in total. The number of hydrogen-bond acceptors (Lipinski definition) is 5. The molecule has 9 heteroatoms. The number of nitrogens with zero attached hydrogens (tertiary/aromatic N) is 1. The highest BCUT2D eigenvalue weighted by molar-refractivity contribution is 9.09. The van der Waals surface area contributed by atoms with Gasteiger partial charge in [0.25, 0.3) is 0 Å². The third kappa shape index (κ3) is 4.34. The summed E-state index contributed by atoms with van der Waals surface area (Å²) in [5.74, 6) is -2.51. The molecule has 0 radical (unpaired) electrons. The van der Waals surface area contributed by atoms with Crippen LogP contribution in [0.5, 0.6) is 0 Å². The molecule has 2 aromatic rings. The second kappa shape index (κ2) is 10.4. The topological polar surface area (TPSA) is 108 Å². The molecule has 38 heavy (non-hydrogen) atoms. The normalized spacial score (nSPS) is 30.3. The zero-order chi connectivity index (χ0) is 27.2. The van der Waals surface area contributed by atoms with Crippen molar-refractivity contribution in [3.05, 3.63) is 65.2 Å². The molecule has 1 spiro atoms. The predicted octanol–water partition coefficient (Wildman–Crippen LogP) is 3.08. The molecule has 3 fully saturated rings. The monoisotopic (exact) mass is 583 g/mol. The molecule has 8 nitrogen and oxygen atoms in total. The summed E-state index contributed by atoms with van der Waals surface area (Å²) in [5.41, 5.74) is 2.34. The first-order valence-electron chi connectivity index (χ1n) is 13.2. The van der Waals surface area contributed by atoms with Gasteiger partial charge in [0.05, 0.1) is 30.6 Å². The van der Waals surface area contributed by atoms with Gasteiger partial charge in [0.2, 0.25) is 17.7 Å². The fraction of sp³-hybridized carbons (Fsp3) is 0.483. The number of halogens is 1. The number of nitrogens with one attached hydrogen (secondary N) is 2. The number of aliphatic hydroxyl groups excluding tert-OH is 1. The van der Waals surface area contributed by atoms with Gasteiger partial charge in [0.15, 0.2) is 0 Å². The number of carbonyl (C=O) groups excluding carboxylic acids is 3. The highest BCUT2D eigenvalue weighted by atomic mass is 79.9. The molecule has 2 bridgehead atoms. The first-order valence-corrected chi connectivity index (χ1v) is 14.1. The van der Waals surface area contributed by atoms with Gasteiger partial charge in [0, 0.05) is 17.1 Å². The number of benzene rings is 2. The van der Waals surface area contributed by atoms with Crippen LogP contribution in [0.2, 0.25) is 0 Å². The summed E-state index contributed by atoms with van der Waals surface area (Å²) in [6, 6.07) is 13.8. The number of alkyl halides is 1. The van der Waals surface area contributed by atoms with Crippen molar-refractivity contribution in [2.24, 2.45) is 11.8 Å². The molecular weight excluding hydrogens is 550 g/mol. The Balaban J connectivity index is 1.49. The minimum absolute atomic E-state index is 0.191. The van der Waals surface area contributed by atoms with E-state index in [1.807, 2.05) is 69.3 Å². The van der Waals surface area contributed by atoms with E-state index in [0.717, 1.165) is 16.7 Å². The maximum Gasteiger partial charge on any atom is 0.250 e. The van der Waals surface area contributed by atoms with Crippen LogP contribution in [0.25, 0.3) is 0 Å². The molecule has 0 saturated carbocycles. The standard InChI is InChI=1S/C29H34BrN3O5/c1-4-19(15-34)33-25(27(36)32-21-12-16(2)10-11-17(21)3)29-13-20(30)24(38-29)22(23(29)28(33)37)26(35)31-14-18-8-6-5-7-9-18/h5-12,19-20,22-25,34H,4,13-15H2,1-3H3,(H,31,35)(H,32,36)/t19-,20?,22+,23-,24+,25?,29?/m0/s1. The van der Waals surface area contributed by atoms with Crippen molar-refractivity contribution >= 4 is 39.3 Å². The van der Waals surface area contributed by atoms with Crippen molar-refractivity contribution in [1.82, 2.24) is 10.2 Å². The van der Waals surface area contributed by atoms with Crippen LogP contribution in [0.1, 0.15) is 36.5 Å². The quantitative estimate of drug-likeness (QED) is 0.414. The van der Waals surface area contributed by atoms with E-state index >= 15 is 0 Å². The molecule has 5 rings (SSSR count). The lowest BCUT2D eigenvalue weighted by Gasteiger charge is -2.36. The summed E-state index contributed by atoms with van der Waals surface area (Å²) in [6.07, 6.45) is 0.344. The van der Waals surface area contributed by atoms with Crippen molar-refractivity contribution in [3.63, 3.8) is 0 Å². The van der Waals surface area contributed by atoms with Crippen LogP contribution in [-0.2, 0) is 25.7 Å².